The fraction of sp³-hybridized carbons (Fsp3) is 0.375. The zero-order valence-corrected chi connectivity index (χ0v) is 12.7. The molecule has 4 rings (SSSR count). The van der Waals surface area contributed by atoms with E-state index in [-0.39, 0.29) is 0 Å². The number of rotatable bonds is 5. The Hall–Kier alpha value is -2.54. The van der Waals surface area contributed by atoms with Gasteiger partial charge in [0.2, 0.25) is 0 Å². The summed E-state index contributed by atoms with van der Waals surface area (Å²) in [6.45, 7) is 2.31. The number of anilines is 1. The summed E-state index contributed by atoms with van der Waals surface area (Å²) in [6, 6.07) is 6.30. The van der Waals surface area contributed by atoms with Gasteiger partial charge in [0.05, 0.1) is 19.3 Å². The highest BCUT2D eigenvalue weighted by Crippen LogP contribution is 2.25. The van der Waals surface area contributed by atoms with Gasteiger partial charge >= 0.3 is 0 Å². The normalized spacial score (nSPS) is 17.9. The quantitative estimate of drug-likeness (QED) is 0.714. The minimum atomic E-state index is 0.353. The average Bonchev–Trinajstić information content (AvgIpc) is 3.24. The van der Waals surface area contributed by atoms with Crippen LogP contribution in [0.4, 0.5) is 5.82 Å². The zero-order valence-electron chi connectivity index (χ0n) is 12.7. The lowest BCUT2D eigenvalue weighted by molar-refractivity contribution is 0.108. The van der Waals surface area contributed by atoms with Crippen LogP contribution in [0.15, 0.2) is 43.1 Å². The summed E-state index contributed by atoms with van der Waals surface area (Å²) < 4.78 is 7.71. The van der Waals surface area contributed by atoms with E-state index in [0.717, 1.165) is 30.8 Å². The van der Waals surface area contributed by atoms with Crippen molar-refractivity contribution in [1.82, 2.24) is 24.6 Å². The van der Waals surface area contributed by atoms with Crippen molar-refractivity contribution >= 4 is 11.6 Å². The summed E-state index contributed by atoms with van der Waals surface area (Å²) in [4.78, 5) is 14.7. The van der Waals surface area contributed by atoms with Gasteiger partial charge in [-0.3, -0.25) is 4.98 Å². The Labute approximate surface area is 134 Å². The summed E-state index contributed by atoms with van der Waals surface area (Å²) in [5.41, 5.74) is 1.15. The van der Waals surface area contributed by atoms with Crippen LogP contribution in [0.25, 0.3) is 5.78 Å². The van der Waals surface area contributed by atoms with Crippen LogP contribution >= 0.6 is 0 Å². The third kappa shape index (κ3) is 2.87. The van der Waals surface area contributed by atoms with Crippen LogP contribution in [-0.2, 0) is 11.3 Å². The molecule has 0 spiro atoms. The van der Waals surface area contributed by atoms with Gasteiger partial charge in [-0.25, -0.2) is 4.98 Å². The topological polar surface area (TPSA) is 68.4 Å². The number of hydrogen-bond donors (Lipinski definition) is 0. The van der Waals surface area contributed by atoms with Gasteiger partial charge in [-0.2, -0.15) is 14.6 Å². The van der Waals surface area contributed by atoms with Gasteiger partial charge in [-0.05, 0) is 36.6 Å². The Morgan fingerprint density at radius 2 is 2.04 bits per heavy atom. The maximum absolute atomic E-state index is 5.92. The van der Waals surface area contributed by atoms with Crippen molar-refractivity contribution in [3.8, 4) is 0 Å². The number of nitrogens with zero attached hydrogens (tertiary/aromatic N) is 6. The fourth-order valence-electron chi connectivity index (χ4n) is 3.05. The Balaban J connectivity index is 1.45. The molecule has 23 heavy (non-hydrogen) atoms. The van der Waals surface area contributed by atoms with Crippen LogP contribution in [-0.4, -0.2) is 43.8 Å². The molecule has 0 bridgehead atoms. The van der Waals surface area contributed by atoms with E-state index in [0.29, 0.717) is 25.0 Å². The SMILES string of the molecule is c1cc(COCC2CCCN2c2ccnc3ncnn23)ccn1. The highest BCUT2D eigenvalue weighted by Gasteiger charge is 2.27. The first-order valence-electron chi connectivity index (χ1n) is 7.80. The number of fused-ring (bicyclic) bond motifs is 1. The van der Waals surface area contributed by atoms with Crippen molar-refractivity contribution in [2.75, 3.05) is 18.1 Å². The first-order chi connectivity index (χ1) is 11.4. The summed E-state index contributed by atoms with van der Waals surface area (Å²) in [7, 11) is 0. The molecule has 3 aromatic heterocycles. The molecule has 0 saturated carbocycles. The molecule has 1 saturated heterocycles. The summed E-state index contributed by atoms with van der Waals surface area (Å²) >= 11 is 0. The molecule has 1 unspecified atom stereocenters. The molecule has 0 aromatic carbocycles. The maximum atomic E-state index is 5.92. The van der Waals surface area contributed by atoms with E-state index in [1.165, 1.54) is 6.33 Å². The van der Waals surface area contributed by atoms with E-state index in [2.05, 4.69) is 25.0 Å². The molecular formula is C16H18N6O. The van der Waals surface area contributed by atoms with E-state index in [1.807, 2.05) is 18.2 Å². The average molecular weight is 310 g/mol. The minimum Gasteiger partial charge on any atom is -0.375 e. The van der Waals surface area contributed by atoms with Crippen LogP contribution < -0.4 is 4.90 Å². The lowest BCUT2D eigenvalue weighted by Gasteiger charge is -2.26. The van der Waals surface area contributed by atoms with E-state index >= 15 is 0 Å². The van der Waals surface area contributed by atoms with Gasteiger partial charge in [-0.15, -0.1) is 0 Å². The number of pyridine rings is 1. The van der Waals surface area contributed by atoms with Crippen LogP contribution in [0.5, 0.6) is 0 Å². The van der Waals surface area contributed by atoms with Crippen molar-refractivity contribution in [2.24, 2.45) is 0 Å². The Morgan fingerprint density at radius 1 is 1.13 bits per heavy atom. The molecular weight excluding hydrogens is 292 g/mol. The second-order valence-corrected chi connectivity index (χ2v) is 5.63. The number of ether oxygens (including phenoxy) is 1. The van der Waals surface area contributed by atoms with E-state index in [9.17, 15) is 0 Å². The van der Waals surface area contributed by atoms with Crippen molar-refractivity contribution in [3.63, 3.8) is 0 Å². The predicted molar refractivity (Wildman–Crippen MR) is 85.0 cm³/mol. The largest absolute Gasteiger partial charge is 0.375 e. The lowest BCUT2D eigenvalue weighted by Crippen LogP contribution is -2.34. The monoisotopic (exact) mass is 310 g/mol. The van der Waals surface area contributed by atoms with Crippen LogP contribution in [0.2, 0.25) is 0 Å². The fourth-order valence-corrected chi connectivity index (χ4v) is 3.05. The first kappa shape index (κ1) is 14.1. The highest BCUT2D eigenvalue weighted by molar-refractivity contribution is 5.46. The van der Waals surface area contributed by atoms with E-state index in [1.54, 1.807) is 23.1 Å². The second kappa shape index (κ2) is 6.29. The molecule has 0 aliphatic carbocycles. The number of aromatic nitrogens is 5. The molecule has 7 nitrogen and oxygen atoms in total. The van der Waals surface area contributed by atoms with Gasteiger partial charge in [-0.1, -0.05) is 0 Å². The Bertz CT molecular complexity index is 774. The molecule has 0 N–H and O–H groups in total. The standard InChI is InChI=1S/C16H18N6O/c1-2-14(11-23-10-13-3-6-17-7-4-13)21(9-1)15-5-8-18-16-19-12-20-22(15)16/h3-8,12,14H,1-2,9-11H2. The summed E-state index contributed by atoms with van der Waals surface area (Å²) in [5.74, 6) is 1.66. The molecule has 7 heteroatoms. The van der Waals surface area contributed by atoms with Crippen molar-refractivity contribution in [3.05, 3.63) is 48.7 Å². The van der Waals surface area contributed by atoms with Crippen molar-refractivity contribution < 1.29 is 4.74 Å². The summed E-state index contributed by atoms with van der Waals surface area (Å²) in [5, 5.41) is 4.28. The van der Waals surface area contributed by atoms with Crippen molar-refractivity contribution in [1.29, 1.82) is 0 Å². The van der Waals surface area contributed by atoms with Crippen LogP contribution in [0.1, 0.15) is 18.4 Å². The Kier molecular flexibility index (Phi) is 3.85. The van der Waals surface area contributed by atoms with Gasteiger partial charge < -0.3 is 9.64 Å². The van der Waals surface area contributed by atoms with Gasteiger partial charge in [0.1, 0.15) is 12.1 Å². The van der Waals surface area contributed by atoms with Crippen LogP contribution in [0.3, 0.4) is 0 Å². The number of hydrogen-bond acceptors (Lipinski definition) is 6. The van der Waals surface area contributed by atoms with E-state index in [4.69, 9.17) is 4.74 Å². The molecule has 1 aliphatic heterocycles. The summed E-state index contributed by atoms with van der Waals surface area (Å²) in [6.07, 6.45) is 9.18. The molecule has 0 amide bonds. The maximum Gasteiger partial charge on any atom is 0.254 e. The molecule has 3 aromatic rings. The van der Waals surface area contributed by atoms with Gasteiger partial charge in [0.15, 0.2) is 0 Å². The van der Waals surface area contributed by atoms with Gasteiger partial charge in [0, 0.05) is 25.1 Å². The molecule has 1 aliphatic rings. The third-order valence-corrected chi connectivity index (χ3v) is 4.16. The predicted octanol–water partition coefficient (Wildman–Crippen LogP) is 1.70. The van der Waals surface area contributed by atoms with E-state index < -0.39 is 0 Å². The molecule has 1 fully saturated rings. The lowest BCUT2D eigenvalue weighted by atomic mass is 10.2. The molecule has 1 atom stereocenters. The molecule has 4 heterocycles. The molecule has 0 radical (unpaired) electrons. The third-order valence-electron chi connectivity index (χ3n) is 4.16. The second-order valence-electron chi connectivity index (χ2n) is 5.63. The van der Waals surface area contributed by atoms with Crippen LogP contribution in [0, 0.1) is 0 Å². The first-order valence-corrected chi connectivity index (χ1v) is 7.80. The minimum absolute atomic E-state index is 0.353. The highest BCUT2D eigenvalue weighted by atomic mass is 16.5. The van der Waals surface area contributed by atoms with Crippen molar-refractivity contribution in [2.45, 2.75) is 25.5 Å². The zero-order chi connectivity index (χ0) is 15.5. The molecule has 118 valence electrons. The smallest absolute Gasteiger partial charge is 0.254 e. The van der Waals surface area contributed by atoms with Gasteiger partial charge in [0.25, 0.3) is 5.78 Å². The Morgan fingerprint density at radius 3 is 2.96 bits per heavy atom.